The molecule has 0 aromatic heterocycles. The van der Waals surface area contributed by atoms with E-state index in [4.69, 9.17) is 4.74 Å². The predicted molar refractivity (Wildman–Crippen MR) is 77.5 cm³/mol. The van der Waals surface area contributed by atoms with Crippen LogP contribution in [0.1, 0.15) is 6.42 Å². The van der Waals surface area contributed by atoms with Gasteiger partial charge in [0.1, 0.15) is 12.4 Å². The Kier molecular flexibility index (Phi) is 6.75. The molecule has 0 aliphatic heterocycles. The lowest BCUT2D eigenvalue weighted by Crippen LogP contribution is -2.19. The molecule has 0 radical (unpaired) electrons. The molecular weight excluding hydrogens is 296 g/mol. The fourth-order valence-electron chi connectivity index (χ4n) is 1.29. The summed E-state index contributed by atoms with van der Waals surface area (Å²) in [5.74, 6) is 0.823. The van der Waals surface area contributed by atoms with E-state index in [0.717, 1.165) is 18.0 Å². The maximum Gasteiger partial charge on any atom is 0.225 e. The number of benzene rings is 1. The summed E-state index contributed by atoms with van der Waals surface area (Å²) in [6.45, 7) is 1.53. The molecule has 0 fully saturated rings. The summed E-state index contributed by atoms with van der Waals surface area (Å²) in [5, 5.41) is 3.48. The number of hydrogen-bond donors (Lipinski definition) is 1. The number of hydrogen-bond acceptors (Lipinski definition) is 3. The van der Waals surface area contributed by atoms with Gasteiger partial charge in [-0.3, -0.25) is 4.79 Å². The van der Waals surface area contributed by atoms with Crippen LogP contribution in [-0.4, -0.2) is 43.4 Å². The van der Waals surface area contributed by atoms with Gasteiger partial charge >= 0.3 is 0 Å². The molecule has 0 saturated heterocycles. The summed E-state index contributed by atoms with van der Waals surface area (Å²) in [6, 6.07) is 7.41. The summed E-state index contributed by atoms with van der Waals surface area (Å²) in [4.78, 5) is 13.4. The summed E-state index contributed by atoms with van der Waals surface area (Å²) in [6.07, 6.45) is 0.473. The first-order valence-corrected chi connectivity index (χ1v) is 6.97. The van der Waals surface area contributed by atoms with Gasteiger partial charge in [0.05, 0.1) is 0 Å². The number of nitrogens with zero attached hydrogens (tertiary/aromatic N) is 1. The molecule has 1 aromatic rings. The molecule has 0 spiro atoms. The molecule has 0 aliphatic rings. The molecule has 0 bridgehead atoms. The van der Waals surface area contributed by atoms with Crippen molar-refractivity contribution in [2.45, 2.75) is 6.42 Å². The van der Waals surface area contributed by atoms with Gasteiger partial charge in [-0.05, 0) is 38.4 Å². The molecule has 0 aliphatic carbocycles. The fraction of sp³-hybridized carbons (Fsp3) is 0.462. The third kappa shape index (κ3) is 6.02. The smallest absolute Gasteiger partial charge is 0.225 e. The van der Waals surface area contributed by atoms with Crippen LogP contribution in [0.2, 0.25) is 0 Å². The van der Waals surface area contributed by atoms with Crippen LogP contribution in [0.25, 0.3) is 0 Å². The maximum atomic E-state index is 11.4. The Labute approximate surface area is 116 Å². The number of nitrogens with one attached hydrogen (secondary N) is 1. The highest BCUT2D eigenvalue weighted by Gasteiger charge is 2.01. The molecule has 18 heavy (non-hydrogen) atoms. The second kappa shape index (κ2) is 8.11. The van der Waals surface area contributed by atoms with E-state index >= 15 is 0 Å². The number of ether oxygens (including phenoxy) is 1. The Morgan fingerprint density at radius 1 is 1.33 bits per heavy atom. The molecule has 0 unspecified atom stereocenters. The molecule has 0 heterocycles. The van der Waals surface area contributed by atoms with Crippen molar-refractivity contribution < 1.29 is 9.53 Å². The van der Waals surface area contributed by atoms with Crippen LogP contribution in [0.3, 0.4) is 0 Å². The number of likely N-dealkylation sites (N-methyl/N-ethyl adjacent to an activating group) is 1. The van der Waals surface area contributed by atoms with E-state index in [1.54, 1.807) is 0 Å². The zero-order valence-corrected chi connectivity index (χ0v) is 12.4. The van der Waals surface area contributed by atoms with Crippen LogP contribution in [0.15, 0.2) is 24.3 Å². The average molecular weight is 315 g/mol. The lowest BCUT2D eigenvalue weighted by atomic mass is 10.3. The Morgan fingerprint density at radius 2 is 2.00 bits per heavy atom. The minimum Gasteiger partial charge on any atom is -0.492 e. The van der Waals surface area contributed by atoms with Gasteiger partial charge in [-0.15, -0.1) is 0 Å². The average Bonchev–Trinajstić information content (AvgIpc) is 2.31. The lowest BCUT2D eigenvalue weighted by Gasteiger charge is -2.11. The van der Waals surface area contributed by atoms with Crippen LogP contribution in [-0.2, 0) is 4.79 Å². The van der Waals surface area contributed by atoms with Crippen LogP contribution in [0.4, 0.5) is 5.69 Å². The van der Waals surface area contributed by atoms with Gasteiger partial charge in [0.15, 0.2) is 0 Å². The number of carbonyl (C=O) groups is 1. The standard InChI is InChI=1S/C13H19BrN2O2/c1-16(2)9-10-18-12-5-3-11(4-6-12)15-13(17)7-8-14/h3-6H,7-10H2,1-2H3,(H,15,17). The first kappa shape index (κ1) is 15.0. The van der Waals surface area contributed by atoms with E-state index in [0.29, 0.717) is 18.4 Å². The van der Waals surface area contributed by atoms with Crippen LogP contribution >= 0.6 is 15.9 Å². The van der Waals surface area contributed by atoms with Gasteiger partial charge in [0.25, 0.3) is 0 Å². The predicted octanol–water partition coefficient (Wildman–Crippen LogP) is 2.35. The third-order valence-electron chi connectivity index (χ3n) is 2.27. The monoisotopic (exact) mass is 314 g/mol. The van der Waals surface area contributed by atoms with E-state index in [2.05, 4.69) is 26.1 Å². The highest BCUT2D eigenvalue weighted by atomic mass is 79.9. The van der Waals surface area contributed by atoms with Crippen molar-refractivity contribution in [1.29, 1.82) is 0 Å². The second-order valence-electron chi connectivity index (χ2n) is 4.16. The van der Waals surface area contributed by atoms with Crippen LogP contribution < -0.4 is 10.1 Å². The SMILES string of the molecule is CN(C)CCOc1ccc(NC(=O)CCBr)cc1. The van der Waals surface area contributed by atoms with E-state index in [1.165, 1.54) is 0 Å². The molecular formula is C13H19BrN2O2. The number of carbonyl (C=O) groups excluding carboxylic acids is 1. The number of alkyl halides is 1. The normalized spacial score (nSPS) is 10.4. The van der Waals surface area contributed by atoms with Gasteiger partial charge in [0, 0.05) is 24.0 Å². The zero-order valence-electron chi connectivity index (χ0n) is 10.8. The van der Waals surface area contributed by atoms with Crippen molar-refractivity contribution in [2.75, 3.05) is 37.9 Å². The van der Waals surface area contributed by atoms with Crippen molar-refractivity contribution in [1.82, 2.24) is 4.90 Å². The summed E-state index contributed by atoms with van der Waals surface area (Å²) in [5.41, 5.74) is 0.793. The van der Waals surface area contributed by atoms with Crippen molar-refractivity contribution in [3.63, 3.8) is 0 Å². The van der Waals surface area contributed by atoms with E-state index < -0.39 is 0 Å². The summed E-state index contributed by atoms with van der Waals surface area (Å²) < 4.78 is 5.56. The molecule has 5 heteroatoms. The molecule has 0 atom stereocenters. The quantitative estimate of drug-likeness (QED) is 0.785. The van der Waals surface area contributed by atoms with Crippen molar-refractivity contribution >= 4 is 27.5 Å². The third-order valence-corrected chi connectivity index (χ3v) is 2.66. The second-order valence-corrected chi connectivity index (χ2v) is 4.96. The van der Waals surface area contributed by atoms with Crippen molar-refractivity contribution in [3.8, 4) is 5.75 Å². The number of anilines is 1. The molecule has 1 rings (SSSR count). The fourth-order valence-corrected chi connectivity index (χ4v) is 1.65. The topological polar surface area (TPSA) is 41.6 Å². The Balaban J connectivity index is 2.40. The van der Waals surface area contributed by atoms with Gasteiger partial charge in [-0.25, -0.2) is 0 Å². The van der Waals surface area contributed by atoms with Gasteiger partial charge in [-0.2, -0.15) is 0 Å². The van der Waals surface area contributed by atoms with Crippen LogP contribution in [0.5, 0.6) is 5.75 Å². The van der Waals surface area contributed by atoms with Gasteiger partial charge in [0.2, 0.25) is 5.91 Å². The summed E-state index contributed by atoms with van der Waals surface area (Å²) >= 11 is 3.23. The zero-order chi connectivity index (χ0) is 13.4. The van der Waals surface area contributed by atoms with E-state index in [9.17, 15) is 4.79 Å². The number of amides is 1. The first-order chi connectivity index (χ1) is 8.61. The van der Waals surface area contributed by atoms with Crippen LogP contribution in [0, 0.1) is 0 Å². The highest BCUT2D eigenvalue weighted by molar-refractivity contribution is 9.09. The van der Waals surface area contributed by atoms with Gasteiger partial charge in [-0.1, -0.05) is 15.9 Å². The largest absolute Gasteiger partial charge is 0.492 e. The van der Waals surface area contributed by atoms with Gasteiger partial charge < -0.3 is 15.0 Å². The Morgan fingerprint density at radius 3 is 2.56 bits per heavy atom. The van der Waals surface area contributed by atoms with Crippen molar-refractivity contribution in [3.05, 3.63) is 24.3 Å². The minimum absolute atomic E-state index is 0.00755. The lowest BCUT2D eigenvalue weighted by molar-refractivity contribution is -0.115. The molecule has 4 nitrogen and oxygen atoms in total. The van der Waals surface area contributed by atoms with Crippen molar-refractivity contribution in [2.24, 2.45) is 0 Å². The molecule has 1 N–H and O–H groups in total. The molecule has 100 valence electrons. The first-order valence-electron chi connectivity index (χ1n) is 5.85. The number of rotatable bonds is 7. The minimum atomic E-state index is 0.00755. The van der Waals surface area contributed by atoms with E-state index in [-0.39, 0.29) is 5.91 Å². The Bertz CT molecular complexity index is 366. The highest BCUT2D eigenvalue weighted by Crippen LogP contribution is 2.15. The Hall–Kier alpha value is -1.07. The summed E-state index contributed by atoms with van der Waals surface area (Å²) in [7, 11) is 4.01. The number of halogens is 1. The molecule has 1 amide bonds. The van der Waals surface area contributed by atoms with E-state index in [1.807, 2.05) is 38.4 Å². The molecule has 1 aromatic carbocycles. The molecule has 0 saturated carbocycles. The maximum absolute atomic E-state index is 11.4.